The first-order valence-electron chi connectivity index (χ1n) is 15.0. The van der Waals surface area contributed by atoms with Crippen molar-refractivity contribution >= 4 is 75.3 Å². The lowest BCUT2D eigenvalue weighted by Gasteiger charge is -2.11. The molecule has 0 fully saturated rings. The van der Waals surface area contributed by atoms with Gasteiger partial charge in [-0.15, -0.1) is 11.3 Å². The van der Waals surface area contributed by atoms with Gasteiger partial charge in [-0.05, 0) is 36.4 Å². The maximum Gasteiger partial charge on any atom is 0.235 e. The first kappa shape index (κ1) is 24.6. The highest BCUT2D eigenvalue weighted by Crippen LogP contribution is 2.46. The van der Waals surface area contributed by atoms with E-state index in [-0.39, 0.29) is 0 Å². The van der Waals surface area contributed by atoms with Crippen molar-refractivity contribution < 1.29 is 4.42 Å². The van der Waals surface area contributed by atoms with Crippen LogP contribution in [0.15, 0.2) is 144 Å². The van der Waals surface area contributed by atoms with Crippen LogP contribution in [0.1, 0.15) is 0 Å². The van der Waals surface area contributed by atoms with Crippen molar-refractivity contribution in [3.63, 3.8) is 0 Å². The number of benzene rings is 6. The van der Waals surface area contributed by atoms with Crippen LogP contribution in [0.25, 0.3) is 92.4 Å². The fourth-order valence-electron chi connectivity index (χ4n) is 6.82. The monoisotopic (exact) mass is 593 g/mol. The van der Waals surface area contributed by atoms with E-state index in [1.807, 2.05) is 35.6 Å². The van der Waals surface area contributed by atoms with Gasteiger partial charge < -0.3 is 4.42 Å². The third-order valence-corrected chi connectivity index (χ3v) is 10.1. The van der Waals surface area contributed by atoms with Crippen molar-refractivity contribution in [1.82, 2.24) is 14.5 Å². The van der Waals surface area contributed by atoms with E-state index in [1.54, 1.807) is 0 Å². The van der Waals surface area contributed by atoms with Gasteiger partial charge in [-0.1, -0.05) is 103 Å². The maximum absolute atomic E-state index is 6.26. The van der Waals surface area contributed by atoms with E-state index in [9.17, 15) is 0 Å². The molecule has 0 aliphatic rings. The lowest BCUT2D eigenvalue weighted by molar-refractivity contribution is 0.669. The van der Waals surface area contributed by atoms with Gasteiger partial charge in [0.05, 0.1) is 22.4 Å². The molecule has 10 aromatic rings. The Morgan fingerprint density at radius 2 is 1.07 bits per heavy atom. The average Bonchev–Trinajstić information content (AvgIpc) is 3.78. The van der Waals surface area contributed by atoms with Crippen LogP contribution >= 0.6 is 11.3 Å². The summed E-state index contributed by atoms with van der Waals surface area (Å²) in [5.41, 5.74) is 7.92. The van der Waals surface area contributed by atoms with E-state index in [0.717, 1.165) is 50.1 Å². The smallest absolute Gasteiger partial charge is 0.235 e. The summed E-state index contributed by atoms with van der Waals surface area (Å²) >= 11 is 1.85. The zero-order chi connectivity index (χ0) is 29.5. The lowest BCUT2D eigenvalue weighted by Crippen LogP contribution is -2.03. The Balaban J connectivity index is 1.31. The summed E-state index contributed by atoms with van der Waals surface area (Å²) < 4.78 is 11.0. The third-order valence-electron chi connectivity index (χ3n) is 8.83. The Labute approximate surface area is 261 Å². The molecule has 0 radical (unpaired) electrons. The van der Waals surface area contributed by atoms with Gasteiger partial charge >= 0.3 is 0 Å². The SMILES string of the molecule is c1ccc(-c2cc(-c3ccccc3)nc(-n3c4ccccc4c4c5sc6c(ccc7oc8ccccc8c76)c5ccc43)n2)cc1. The summed E-state index contributed by atoms with van der Waals surface area (Å²) in [6.07, 6.45) is 0. The fourth-order valence-corrected chi connectivity index (χ4v) is 8.23. The van der Waals surface area contributed by atoms with Crippen LogP contribution < -0.4 is 0 Å². The third kappa shape index (κ3) is 3.59. The number of furan rings is 1. The zero-order valence-corrected chi connectivity index (χ0v) is 24.8. The molecule has 0 aliphatic heterocycles. The van der Waals surface area contributed by atoms with E-state index >= 15 is 0 Å². The Bertz CT molecular complexity index is 2700. The molecule has 4 aromatic heterocycles. The molecule has 0 unspecified atom stereocenters. The first-order chi connectivity index (χ1) is 22.3. The van der Waals surface area contributed by atoms with Crippen molar-refractivity contribution in [3.8, 4) is 28.5 Å². The van der Waals surface area contributed by atoms with Gasteiger partial charge in [0, 0.05) is 52.8 Å². The van der Waals surface area contributed by atoms with Gasteiger partial charge in [0.2, 0.25) is 5.95 Å². The van der Waals surface area contributed by atoms with Crippen LogP contribution in [-0.2, 0) is 0 Å². The summed E-state index contributed by atoms with van der Waals surface area (Å²) in [4.78, 5) is 10.4. The number of rotatable bonds is 3. The number of nitrogens with zero attached hydrogens (tertiary/aromatic N) is 3. The van der Waals surface area contributed by atoms with Crippen molar-refractivity contribution in [2.24, 2.45) is 0 Å². The second-order valence-corrected chi connectivity index (χ2v) is 12.4. The van der Waals surface area contributed by atoms with E-state index < -0.39 is 0 Å². The Morgan fingerprint density at radius 3 is 1.80 bits per heavy atom. The molecule has 0 bridgehead atoms. The Morgan fingerprint density at radius 1 is 0.467 bits per heavy atom. The Kier molecular flexibility index (Phi) is 5.12. The van der Waals surface area contributed by atoms with Crippen LogP contribution in [0.2, 0.25) is 0 Å². The Hall–Kier alpha value is -5.78. The quantitative estimate of drug-likeness (QED) is 0.205. The molecule has 4 heterocycles. The average molecular weight is 594 g/mol. The predicted octanol–water partition coefficient (Wildman–Crippen LogP) is 11.2. The minimum atomic E-state index is 0.657. The van der Waals surface area contributed by atoms with Crippen molar-refractivity contribution in [1.29, 1.82) is 0 Å². The van der Waals surface area contributed by atoms with Gasteiger partial charge in [0.1, 0.15) is 11.2 Å². The predicted molar refractivity (Wildman–Crippen MR) is 187 cm³/mol. The number of fused-ring (bicyclic) bond motifs is 11. The fraction of sp³-hybridized carbons (Fsp3) is 0. The molecule has 45 heavy (non-hydrogen) atoms. The maximum atomic E-state index is 6.26. The largest absolute Gasteiger partial charge is 0.456 e. The van der Waals surface area contributed by atoms with Crippen LogP contribution in [0.5, 0.6) is 0 Å². The number of hydrogen-bond acceptors (Lipinski definition) is 4. The summed E-state index contributed by atoms with van der Waals surface area (Å²) in [6.45, 7) is 0. The van der Waals surface area contributed by atoms with Crippen molar-refractivity contribution in [3.05, 3.63) is 140 Å². The van der Waals surface area contributed by atoms with Gasteiger partial charge in [0.15, 0.2) is 0 Å². The summed E-state index contributed by atoms with van der Waals surface area (Å²) in [7, 11) is 0. The van der Waals surface area contributed by atoms with Gasteiger partial charge in [-0.3, -0.25) is 4.57 Å². The summed E-state index contributed by atoms with van der Waals surface area (Å²) in [5, 5.41) is 7.26. The second kappa shape index (κ2) is 9.36. The molecular formula is C40H23N3OS. The first-order valence-corrected chi connectivity index (χ1v) is 15.8. The lowest BCUT2D eigenvalue weighted by atomic mass is 10.1. The highest BCUT2D eigenvalue weighted by atomic mass is 32.1. The molecule has 6 aromatic carbocycles. The molecule has 0 saturated heterocycles. The second-order valence-electron chi connectivity index (χ2n) is 11.4. The number of aromatic nitrogens is 3. The zero-order valence-electron chi connectivity index (χ0n) is 23.9. The minimum Gasteiger partial charge on any atom is -0.456 e. The molecule has 0 amide bonds. The molecule has 210 valence electrons. The van der Waals surface area contributed by atoms with Crippen molar-refractivity contribution in [2.45, 2.75) is 0 Å². The highest BCUT2D eigenvalue weighted by molar-refractivity contribution is 7.27. The summed E-state index contributed by atoms with van der Waals surface area (Å²) in [5.74, 6) is 0.657. The molecule has 5 heteroatoms. The molecule has 0 aliphatic carbocycles. The molecule has 0 N–H and O–H groups in total. The molecular weight excluding hydrogens is 571 g/mol. The van der Waals surface area contributed by atoms with Gasteiger partial charge in [-0.25, -0.2) is 9.97 Å². The number of para-hydroxylation sites is 2. The molecule has 10 rings (SSSR count). The van der Waals surface area contributed by atoms with E-state index in [0.29, 0.717) is 5.95 Å². The van der Waals surface area contributed by atoms with E-state index in [1.165, 1.54) is 36.3 Å². The minimum absolute atomic E-state index is 0.657. The normalized spacial score (nSPS) is 12.0. The van der Waals surface area contributed by atoms with Crippen LogP contribution in [0.4, 0.5) is 0 Å². The molecule has 4 nitrogen and oxygen atoms in total. The highest BCUT2D eigenvalue weighted by Gasteiger charge is 2.21. The molecule has 0 atom stereocenters. The number of hydrogen-bond donors (Lipinski definition) is 0. The van der Waals surface area contributed by atoms with Gasteiger partial charge in [-0.2, -0.15) is 0 Å². The number of thiophene rings is 1. The van der Waals surface area contributed by atoms with Crippen LogP contribution in [-0.4, -0.2) is 14.5 Å². The topological polar surface area (TPSA) is 43.9 Å². The standard InChI is InChI=1S/C40H23N3OS/c1-3-11-24(12-4-1)30-23-31(25-13-5-2-6-14-25)42-40(41-30)43-32-17-9-7-15-28(32)36-33(43)21-19-26-27-20-22-35-37(39(27)45-38(26)36)29-16-8-10-18-34(29)44-35/h1-23H. The van der Waals surface area contributed by atoms with Gasteiger partial charge in [0.25, 0.3) is 0 Å². The van der Waals surface area contributed by atoms with Crippen molar-refractivity contribution in [2.75, 3.05) is 0 Å². The molecule has 0 spiro atoms. The van der Waals surface area contributed by atoms with E-state index in [4.69, 9.17) is 14.4 Å². The van der Waals surface area contributed by atoms with Crippen LogP contribution in [0.3, 0.4) is 0 Å². The molecule has 0 saturated carbocycles. The van der Waals surface area contributed by atoms with E-state index in [2.05, 4.69) is 120 Å². The van der Waals surface area contributed by atoms with Crippen LogP contribution in [0, 0.1) is 0 Å². The summed E-state index contributed by atoms with van der Waals surface area (Å²) in [6, 6.07) is 48.6.